The number of hydrogen-bond donors (Lipinski definition) is 1. The van der Waals surface area contributed by atoms with Gasteiger partial charge < -0.3 is 4.98 Å². The number of hydrogen-bond acceptors (Lipinski definition) is 3. The van der Waals surface area contributed by atoms with Gasteiger partial charge in [-0.3, -0.25) is 4.79 Å². The van der Waals surface area contributed by atoms with E-state index in [9.17, 15) is 4.79 Å². The number of thiophene rings is 1. The molecule has 0 radical (unpaired) electrons. The van der Waals surface area contributed by atoms with Crippen molar-refractivity contribution >= 4 is 34.6 Å². The lowest BCUT2D eigenvalue weighted by Crippen LogP contribution is -2.03. The van der Waals surface area contributed by atoms with Crippen molar-refractivity contribution in [3.05, 3.63) is 27.4 Å². The SMILES string of the molecule is Cl.O=c1[nH]cnc2cscc12. The van der Waals surface area contributed by atoms with Crippen LogP contribution in [0.1, 0.15) is 0 Å². The first-order chi connectivity index (χ1) is 4.88. The van der Waals surface area contributed by atoms with Gasteiger partial charge in [-0.15, -0.1) is 23.7 Å². The van der Waals surface area contributed by atoms with Gasteiger partial charge in [0.2, 0.25) is 0 Å². The minimum absolute atomic E-state index is 0. The maximum Gasteiger partial charge on any atom is 0.259 e. The molecule has 0 atom stereocenters. The molecule has 0 aliphatic rings. The molecule has 0 saturated carbocycles. The van der Waals surface area contributed by atoms with Gasteiger partial charge >= 0.3 is 0 Å². The molecule has 0 unspecified atom stereocenters. The Kier molecular flexibility index (Phi) is 2.26. The number of aromatic nitrogens is 2. The quantitative estimate of drug-likeness (QED) is 0.680. The summed E-state index contributed by atoms with van der Waals surface area (Å²) in [6.45, 7) is 0. The van der Waals surface area contributed by atoms with E-state index in [2.05, 4.69) is 9.97 Å². The highest BCUT2D eigenvalue weighted by atomic mass is 35.5. The zero-order valence-electron chi connectivity index (χ0n) is 5.40. The monoisotopic (exact) mass is 188 g/mol. The lowest BCUT2D eigenvalue weighted by atomic mass is 10.4. The summed E-state index contributed by atoms with van der Waals surface area (Å²) < 4.78 is 0. The summed E-state index contributed by atoms with van der Waals surface area (Å²) in [5.74, 6) is 0. The average molecular weight is 189 g/mol. The fourth-order valence-corrected chi connectivity index (χ4v) is 1.55. The first-order valence-corrected chi connectivity index (χ1v) is 3.72. The maximum absolute atomic E-state index is 11.0. The summed E-state index contributed by atoms with van der Waals surface area (Å²) in [5.41, 5.74) is 0.708. The topological polar surface area (TPSA) is 45.8 Å². The molecule has 2 rings (SSSR count). The maximum atomic E-state index is 11.0. The van der Waals surface area contributed by atoms with Crippen LogP contribution < -0.4 is 5.56 Å². The number of nitrogens with zero attached hydrogens (tertiary/aromatic N) is 1. The van der Waals surface area contributed by atoms with Crippen molar-refractivity contribution in [3.63, 3.8) is 0 Å². The number of halogens is 1. The molecule has 0 amide bonds. The van der Waals surface area contributed by atoms with Gasteiger partial charge in [-0.2, -0.15) is 0 Å². The highest BCUT2D eigenvalue weighted by molar-refractivity contribution is 7.09. The zero-order valence-corrected chi connectivity index (χ0v) is 7.04. The summed E-state index contributed by atoms with van der Waals surface area (Å²) >= 11 is 1.48. The predicted octanol–water partition coefficient (Wildman–Crippen LogP) is 1.41. The molecular formula is C6H5ClN2OS. The van der Waals surface area contributed by atoms with E-state index in [1.54, 1.807) is 5.38 Å². The molecule has 0 spiro atoms. The van der Waals surface area contributed by atoms with Crippen LogP contribution in [0, 0.1) is 0 Å². The molecule has 2 heterocycles. The van der Waals surface area contributed by atoms with E-state index < -0.39 is 0 Å². The van der Waals surface area contributed by atoms with Gasteiger partial charge in [0.1, 0.15) is 0 Å². The fraction of sp³-hybridized carbons (Fsp3) is 0. The fourth-order valence-electron chi connectivity index (χ4n) is 0.798. The number of nitrogens with one attached hydrogen (secondary N) is 1. The molecule has 0 aromatic carbocycles. The van der Waals surface area contributed by atoms with Gasteiger partial charge in [-0.1, -0.05) is 0 Å². The van der Waals surface area contributed by atoms with Crippen LogP contribution in [0.25, 0.3) is 10.9 Å². The smallest absolute Gasteiger partial charge is 0.259 e. The van der Waals surface area contributed by atoms with Gasteiger partial charge in [0, 0.05) is 10.8 Å². The Bertz CT molecular complexity index is 408. The van der Waals surface area contributed by atoms with Gasteiger partial charge in [0.25, 0.3) is 5.56 Å². The summed E-state index contributed by atoms with van der Waals surface area (Å²) in [6.07, 6.45) is 1.41. The van der Waals surface area contributed by atoms with Crippen molar-refractivity contribution in [1.29, 1.82) is 0 Å². The molecule has 11 heavy (non-hydrogen) atoms. The van der Waals surface area contributed by atoms with E-state index in [1.165, 1.54) is 17.7 Å². The number of H-pyrrole nitrogens is 1. The Morgan fingerprint density at radius 3 is 3.00 bits per heavy atom. The standard InChI is InChI=1S/C6H4N2OS.ClH/c9-6-4-1-10-2-5(4)7-3-8-6;/h1-3H,(H,7,8,9);1H. The normalized spacial score (nSPS) is 9.45. The highest BCUT2D eigenvalue weighted by Crippen LogP contribution is 2.10. The van der Waals surface area contributed by atoms with Crippen molar-refractivity contribution in [3.8, 4) is 0 Å². The van der Waals surface area contributed by atoms with E-state index in [0.29, 0.717) is 5.39 Å². The Morgan fingerprint density at radius 1 is 1.45 bits per heavy atom. The minimum atomic E-state index is -0.0637. The third-order valence-electron chi connectivity index (χ3n) is 1.29. The Hall–Kier alpha value is -0.870. The first-order valence-electron chi connectivity index (χ1n) is 2.77. The van der Waals surface area contributed by atoms with E-state index in [1.807, 2.05) is 5.38 Å². The molecule has 1 N–H and O–H groups in total. The van der Waals surface area contributed by atoms with Crippen molar-refractivity contribution in [1.82, 2.24) is 9.97 Å². The largest absolute Gasteiger partial charge is 0.313 e. The summed E-state index contributed by atoms with van der Waals surface area (Å²) in [5, 5.41) is 4.32. The second-order valence-corrected chi connectivity index (χ2v) is 2.65. The van der Waals surface area contributed by atoms with Gasteiger partial charge in [0.15, 0.2) is 0 Å². The minimum Gasteiger partial charge on any atom is -0.313 e. The zero-order chi connectivity index (χ0) is 6.97. The van der Waals surface area contributed by atoms with Gasteiger partial charge in [0.05, 0.1) is 17.2 Å². The molecule has 2 aromatic heterocycles. The van der Waals surface area contributed by atoms with E-state index in [-0.39, 0.29) is 18.0 Å². The summed E-state index contributed by atoms with van der Waals surface area (Å²) in [6, 6.07) is 0. The van der Waals surface area contributed by atoms with Crippen molar-refractivity contribution in [2.45, 2.75) is 0 Å². The van der Waals surface area contributed by atoms with Crippen LogP contribution in [0.4, 0.5) is 0 Å². The molecule has 0 aliphatic heterocycles. The van der Waals surface area contributed by atoms with Crippen LogP contribution in [0.2, 0.25) is 0 Å². The number of fused-ring (bicyclic) bond motifs is 1. The van der Waals surface area contributed by atoms with Crippen LogP contribution in [-0.2, 0) is 0 Å². The lowest BCUT2D eigenvalue weighted by molar-refractivity contribution is 1.18. The molecule has 0 saturated heterocycles. The molecule has 5 heteroatoms. The van der Waals surface area contributed by atoms with Crippen LogP contribution in [-0.4, -0.2) is 9.97 Å². The molecule has 2 aromatic rings. The van der Waals surface area contributed by atoms with Crippen molar-refractivity contribution < 1.29 is 0 Å². The van der Waals surface area contributed by atoms with Crippen LogP contribution in [0.5, 0.6) is 0 Å². The van der Waals surface area contributed by atoms with E-state index >= 15 is 0 Å². The Balaban J connectivity index is 0.000000605. The second-order valence-electron chi connectivity index (χ2n) is 1.90. The van der Waals surface area contributed by atoms with Crippen LogP contribution >= 0.6 is 23.7 Å². The van der Waals surface area contributed by atoms with E-state index in [4.69, 9.17) is 0 Å². The Morgan fingerprint density at radius 2 is 2.27 bits per heavy atom. The molecular weight excluding hydrogens is 184 g/mol. The molecule has 0 aliphatic carbocycles. The number of aromatic amines is 1. The van der Waals surface area contributed by atoms with E-state index in [0.717, 1.165) is 5.52 Å². The highest BCUT2D eigenvalue weighted by Gasteiger charge is 1.96. The molecule has 3 nitrogen and oxygen atoms in total. The van der Waals surface area contributed by atoms with Crippen molar-refractivity contribution in [2.24, 2.45) is 0 Å². The van der Waals surface area contributed by atoms with Crippen molar-refractivity contribution in [2.75, 3.05) is 0 Å². The third kappa shape index (κ3) is 1.27. The predicted molar refractivity (Wildman–Crippen MR) is 47.5 cm³/mol. The lowest BCUT2D eigenvalue weighted by Gasteiger charge is -1.82. The molecule has 0 bridgehead atoms. The summed E-state index contributed by atoms with van der Waals surface area (Å²) in [4.78, 5) is 17.4. The van der Waals surface area contributed by atoms with Gasteiger partial charge in [-0.05, 0) is 0 Å². The molecule has 58 valence electrons. The third-order valence-corrected chi connectivity index (χ3v) is 2.02. The second kappa shape index (κ2) is 3.02. The van der Waals surface area contributed by atoms with Gasteiger partial charge in [-0.25, -0.2) is 4.98 Å². The number of rotatable bonds is 0. The summed E-state index contributed by atoms with van der Waals surface area (Å²) in [7, 11) is 0. The average Bonchev–Trinajstić information content (AvgIpc) is 2.36. The molecule has 0 fully saturated rings. The van der Waals surface area contributed by atoms with Crippen LogP contribution in [0.15, 0.2) is 21.9 Å². The van der Waals surface area contributed by atoms with Crippen LogP contribution in [0.3, 0.4) is 0 Å². The Labute approximate surface area is 72.5 Å². The first kappa shape index (κ1) is 8.23.